The van der Waals surface area contributed by atoms with Gasteiger partial charge in [-0.3, -0.25) is 9.69 Å². The number of likely N-dealkylation sites (N-methyl/N-ethyl adjacent to an activating group) is 1. The number of aromatic nitrogens is 1. The van der Waals surface area contributed by atoms with E-state index in [1.165, 1.54) is 6.42 Å². The molecule has 0 radical (unpaired) electrons. The highest BCUT2D eigenvalue weighted by molar-refractivity contribution is 7.07. The van der Waals surface area contributed by atoms with E-state index in [9.17, 15) is 4.79 Å². The van der Waals surface area contributed by atoms with Crippen molar-refractivity contribution in [2.75, 3.05) is 19.6 Å². The summed E-state index contributed by atoms with van der Waals surface area (Å²) in [5, 5.41) is 5.01. The highest BCUT2D eigenvalue weighted by atomic mass is 32.1. The lowest BCUT2D eigenvalue weighted by Crippen LogP contribution is -2.40. The van der Waals surface area contributed by atoms with Gasteiger partial charge in [0.1, 0.15) is 12.4 Å². The Morgan fingerprint density at radius 3 is 2.96 bits per heavy atom. The maximum Gasteiger partial charge on any atom is 0.251 e. The second-order valence-electron chi connectivity index (χ2n) is 5.93. The molecule has 0 bridgehead atoms. The van der Waals surface area contributed by atoms with E-state index in [1.807, 2.05) is 17.5 Å². The van der Waals surface area contributed by atoms with Crippen molar-refractivity contribution in [3.63, 3.8) is 0 Å². The lowest BCUT2D eigenvalue weighted by atomic mass is 10.2. The topological polar surface area (TPSA) is 54.5 Å². The minimum atomic E-state index is -0.0241. The molecule has 1 aliphatic heterocycles. The number of carbonyl (C=O) groups excluding carboxylic acids is 1. The molecule has 1 amide bonds. The molecule has 1 atom stereocenters. The van der Waals surface area contributed by atoms with E-state index in [2.05, 4.69) is 22.1 Å². The highest BCUT2D eigenvalue weighted by Crippen LogP contribution is 2.17. The van der Waals surface area contributed by atoms with Crippen LogP contribution in [0.15, 0.2) is 35.2 Å². The normalized spacial score (nSPS) is 17.8. The van der Waals surface area contributed by atoms with Crippen LogP contribution < -0.4 is 10.1 Å². The third kappa shape index (κ3) is 4.33. The Kier molecular flexibility index (Phi) is 5.82. The van der Waals surface area contributed by atoms with Gasteiger partial charge in [-0.2, -0.15) is 0 Å². The number of amides is 1. The molecule has 6 heteroatoms. The van der Waals surface area contributed by atoms with Gasteiger partial charge < -0.3 is 10.1 Å². The molecule has 0 saturated carbocycles. The van der Waals surface area contributed by atoms with E-state index >= 15 is 0 Å². The molecule has 5 nitrogen and oxygen atoms in total. The molecular formula is C18H23N3O2S. The molecule has 1 N–H and O–H groups in total. The van der Waals surface area contributed by atoms with E-state index < -0.39 is 0 Å². The van der Waals surface area contributed by atoms with E-state index in [4.69, 9.17) is 4.74 Å². The van der Waals surface area contributed by atoms with Crippen molar-refractivity contribution in [1.29, 1.82) is 0 Å². The summed E-state index contributed by atoms with van der Waals surface area (Å²) in [6.45, 7) is 5.52. The number of ether oxygens (including phenoxy) is 1. The smallest absolute Gasteiger partial charge is 0.251 e. The number of likely N-dealkylation sites (tertiary alicyclic amines) is 1. The fourth-order valence-electron chi connectivity index (χ4n) is 3.02. The van der Waals surface area contributed by atoms with Crippen LogP contribution in [0.25, 0.3) is 0 Å². The van der Waals surface area contributed by atoms with Crippen molar-refractivity contribution in [1.82, 2.24) is 15.2 Å². The van der Waals surface area contributed by atoms with Gasteiger partial charge in [0.05, 0.1) is 11.2 Å². The zero-order chi connectivity index (χ0) is 16.8. The van der Waals surface area contributed by atoms with Gasteiger partial charge in [-0.25, -0.2) is 4.98 Å². The van der Waals surface area contributed by atoms with Crippen LogP contribution in [0.1, 0.15) is 35.8 Å². The van der Waals surface area contributed by atoms with Crippen LogP contribution in [0.4, 0.5) is 0 Å². The summed E-state index contributed by atoms with van der Waals surface area (Å²) in [6.07, 6.45) is 2.39. The summed E-state index contributed by atoms with van der Waals surface area (Å²) in [6, 6.07) is 7.74. The number of hydrogen-bond acceptors (Lipinski definition) is 5. The first kappa shape index (κ1) is 16.9. The highest BCUT2D eigenvalue weighted by Gasteiger charge is 2.23. The Hall–Kier alpha value is -1.92. The molecule has 1 aliphatic rings. The van der Waals surface area contributed by atoms with Gasteiger partial charge in [-0.05, 0) is 50.2 Å². The molecule has 128 valence electrons. The summed E-state index contributed by atoms with van der Waals surface area (Å²) < 4.78 is 5.66. The maximum atomic E-state index is 12.3. The summed E-state index contributed by atoms with van der Waals surface area (Å²) in [5.41, 5.74) is 3.37. The van der Waals surface area contributed by atoms with Crippen molar-refractivity contribution >= 4 is 17.2 Å². The van der Waals surface area contributed by atoms with Gasteiger partial charge in [-0.1, -0.05) is 6.92 Å². The fraction of sp³-hybridized carbons (Fsp3) is 0.444. The molecule has 1 aromatic carbocycles. The van der Waals surface area contributed by atoms with Crippen LogP contribution >= 0.6 is 11.3 Å². The van der Waals surface area contributed by atoms with Gasteiger partial charge in [0, 0.05) is 23.5 Å². The monoisotopic (exact) mass is 345 g/mol. The largest absolute Gasteiger partial charge is 0.487 e. The van der Waals surface area contributed by atoms with Crippen LogP contribution in [-0.4, -0.2) is 41.5 Å². The molecule has 1 aromatic heterocycles. The van der Waals surface area contributed by atoms with Crippen molar-refractivity contribution in [3.05, 3.63) is 46.4 Å². The van der Waals surface area contributed by atoms with Crippen molar-refractivity contribution in [2.24, 2.45) is 0 Å². The standard InChI is InChI=1S/C18H23N3O2S/c1-2-21-9-3-4-16(21)10-19-18(22)14-5-7-17(8-6-14)23-11-15-12-24-13-20-15/h5-8,12-13,16H,2-4,9-11H2,1H3,(H,19,22). The number of benzene rings is 1. The second kappa shape index (κ2) is 8.26. The van der Waals surface area contributed by atoms with Gasteiger partial charge >= 0.3 is 0 Å². The van der Waals surface area contributed by atoms with E-state index in [0.29, 0.717) is 18.2 Å². The van der Waals surface area contributed by atoms with E-state index in [1.54, 1.807) is 29.0 Å². The van der Waals surface area contributed by atoms with Crippen LogP contribution in [0.2, 0.25) is 0 Å². The number of nitrogens with zero attached hydrogens (tertiary/aromatic N) is 2. The van der Waals surface area contributed by atoms with Crippen LogP contribution in [0.3, 0.4) is 0 Å². The Balaban J connectivity index is 1.48. The predicted molar refractivity (Wildman–Crippen MR) is 95.5 cm³/mol. The van der Waals surface area contributed by atoms with Crippen LogP contribution in [0.5, 0.6) is 5.75 Å². The SMILES string of the molecule is CCN1CCCC1CNC(=O)c1ccc(OCc2cscn2)cc1. The maximum absolute atomic E-state index is 12.3. The molecule has 1 saturated heterocycles. The summed E-state index contributed by atoms with van der Waals surface area (Å²) in [4.78, 5) is 18.9. The third-order valence-corrected chi connectivity index (χ3v) is 5.03. The minimum absolute atomic E-state index is 0.0241. The first-order valence-corrected chi connectivity index (χ1v) is 9.32. The Bertz CT molecular complexity index is 643. The molecule has 1 unspecified atom stereocenters. The molecule has 0 aliphatic carbocycles. The first-order valence-electron chi connectivity index (χ1n) is 8.38. The Morgan fingerprint density at radius 1 is 1.42 bits per heavy atom. The van der Waals surface area contributed by atoms with Crippen LogP contribution in [-0.2, 0) is 6.61 Å². The lowest BCUT2D eigenvalue weighted by molar-refractivity contribution is 0.0941. The summed E-state index contributed by atoms with van der Waals surface area (Å²) in [5.74, 6) is 0.719. The molecule has 3 rings (SSSR count). The van der Waals surface area contributed by atoms with Crippen molar-refractivity contribution in [2.45, 2.75) is 32.4 Å². The third-order valence-electron chi connectivity index (χ3n) is 4.39. The van der Waals surface area contributed by atoms with E-state index in [-0.39, 0.29) is 5.91 Å². The van der Waals surface area contributed by atoms with Gasteiger partial charge in [-0.15, -0.1) is 11.3 Å². The van der Waals surface area contributed by atoms with Crippen molar-refractivity contribution in [3.8, 4) is 5.75 Å². The zero-order valence-corrected chi connectivity index (χ0v) is 14.7. The number of nitrogens with one attached hydrogen (secondary N) is 1. The quantitative estimate of drug-likeness (QED) is 0.838. The number of rotatable bonds is 7. The Labute approximate surface area is 146 Å². The Morgan fingerprint density at radius 2 is 2.25 bits per heavy atom. The molecule has 0 spiro atoms. The van der Waals surface area contributed by atoms with Gasteiger partial charge in [0.2, 0.25) is 0 Å². The summed E-state index contributed by atoms with van der Waals surface area (Å²) >= 11 is 1.55. The number of carbonyl (C=O) groups is 1. The predicted octanol–water partition coefficient (Wildman–Crippen LogP) is 2.94. The van der Waals surface area contributed by atoms with Crippen LogP contribution in [0, 0.1) is 0 Å². The number of hydrogen-bond donors (Lipinski definition) is 1. The fourth-order valence-corrected chi connectivity index (χ4v) is 3.57. The average Bonchev–Trinajstić information content (AvgIpc) is 3.29. The van der Waals surface area contributed by atoms with E-state index in [0.717, 1.165) is 37.5 Å². The second-order valence-corrected chi connectivity index (χ2v) is 6.65. The van der Waals surface area contributed by atoms with Gasteiger partial charge in [0.15, 0.2) is 0 Å². The molecule has 2 aromatic rings. The van der Waals surface area contributed by atoms with Crippen molar-refractivity contribution < 1.29 is 9.53 Å². The molecular weight excluding hydrogens is 322 g/mol. The minimum Gasteiger partial charge on any atom is -0.487 e. The van der Waals surface area contributed by atoms with Gasteiger partial charge in [0.25, 0.3) is 5.91 Å². The average molecular weight is 345 g/mol. The lowest BCUT2D eigenvalue weighted by Gasteiger charge is -2.22. The first-order chi connectivity index (χ1) is 11.8. The molecule has 24 heavy (non-hydrogen) atoms. The molecule has 1 fully saturated rings. The number of thiazole rings is 1. The summed E-state index contributed by atoms with van der Waals surface area (Å²) in [7, 11) is 0. The zero-order valence-electron chi connectivity index (χ0n) is 13.9. The molecule has 2 heterocycles.